The van der Waals surface area contributed by atoms with Crippen LogP contribution in [0.1, 0.15) is 12.5 Å². The molecule has 1 aliphatic heterocycles. The molecule has 1 atom stereocenters. The smallest absolute Gasteiger partial charge is 0.407 e. The van der Waals surface area contributed by atoms with E-state index in [4.69, 9.17) is 10.8 Å². The zero-order valence-electron chi connectivity index (χ0n) is 10.5. The predicted molar refractivity (Wildman–Crippen MR) is 70.3 cm³/mol. The fourth-order valence-corrected chi connectivity index (χ4v) is 2.34. The zero-order valence-corrected chi connectivity index (χ0v) is 10.5. The van der Waals surface area contributed by atoms with Gasteiger partial charge in [-0.05, 0) is 24.6 Å². The van der Waals surface area contributed by atoms with E-state index in [1.807, 2.05) is 31.2 Å². The van der Waals surface area contributed by atoms with Gasteiger partial charge in [0.25, 0.3) is 0 Å². The van der Waals surface area contributed by atoms with Crippen LogP contribution in [0.25, 0.3) is 0 Å². The minimum absolute atomic E-state index is 0.0463. The van der Waals surface area contributed by atoms with Crippen LogP contribution in [0.5, 0.6) is 0 Å². The number of amides is 1. The molecule has 0 saturated carbocycles. The van der Waals surface area contributed by atoms with Gasteiger partial charge in [0.1, 0.15) is 0 Å². The third-order valence-electron chi connectivity index (χ3n) is 3.34. The Balaban J connectivity index is 1.93. The van der Waals surface area contributed by atoms with E-state index < -0.39 is 6.09 Å². The Morgan fingerprint density at radius 3 is 2.61 bits per heavy atom. The Morgan fingerprint density at radius 2 is 2.06 bits per heavy atom. The van der Waals surface area contributed by atoms with Gasteiger partial charge in [-0.2, -0.15) is 0 Å². The van der Waals surface area contributed by atoms with Crippen LogP contribution < -0.4 is 5.73 Å². The molecule has 2 rings (SSSR count). The normalized spacial score (nSPS) is 20.9. The predicted octanol–water partition coefficient (Wildman–Crippen LogP) is 1.45. The second-order valence-electron chi connectivity index (χ2n) is 4.80. The Labute approximate surface area is 107 Å². The number of nitrogens with two attached hydrogens (primary N) is 1. The van der Waals surface area contributed by atoms with Gasteiger partial charge in [0, 0.05) is 37.9 Å². The van der Waals surface area contributed by atoms with Crippen molar-refractivity contribution in [2.45, 2.75) is 19.5 Å². The van der Waals surface area contributed by atoms with Crippen LogP contribution in [0.4, 0.5) is 10.5 Å². The molecule has 0 unspecified atom stereocenters. The summed E-state index contributed by atoms with van der Waals surface area (Å²) in [5.41, 5.74) is 7.62. The standard InChI is InChI=1S/C13H19N3O2/c1-10-8-15(6-7-16(10)13(17)18)9-11-2-4-12(14)5-3-11/h2-5,10H,6-9,14H2,1H3,(H,17,18)/t10-/m0/s1. The van der Waals surface area contributed by atoms with Crippen molar-refractivity contribution in [3.8, 4) is 0 Å². The number of nitrogen functional groups attached to an aromatic ring is 1. The Kier molecular flexibility index (Phi) is 3.72. The Hall–Kier alpha value is -1.75. The number of piperazine rings is 1. The van der Waals surface area contributed by atoms with Gasteiger partial charge in [-0.25, -0.2) is 4.79 Å². The topological polar surface area (TPSA) is 69.8 Å². The molecule has 0 bridgehead atoms. The second kappa shape index (κ2) is 5.27. The van der Waals surface area contributed by atoms with Crippen LogP contribution >= 0.6 is 0 Å². The molecule has 1 amide bonds. The monoisotopic (exact) mass is 249 g/mol. The van der Waals surface area contributed by atoms with Crippen molar-refractivity contribution in [1.29, 1.82) is 0 Å². The maximum atomic E-state index is 11.0. The molecule has 0 spiro atoms. The largest absolute Gasteiger partial charge is 0.465 e. The van der Waals surface area contributed by atoms with Gasteiger partial charge in [-0.15, -0.1) is 0 Å². The van der Waals surface area contributed by atoms with Gasteiger partial charge in [0.15, 0.2) is 0 Å². The van der Waals surface area contributed by atoms with E-state index in [1.54, 1.807) is 0 Å². The van der Waals surface area contributed by atoms with Crippen LogP contribution in [0.15, 0.2) is 24.3 Å². The van der Waals surface area contributed by atoms with E-state index in [-0.39, 0.29) is 6.04 Å². The summed E-state index contributed by atoms with van der Waals surface area (Å²) >= 11 is 0. The number of hydrogen-bond donors (Lipinski definition) is 2. The van der Waals surface area contributed by atoms with Crippen LogP contribution in [-0.2, 0) is 6.54 Å². The van der Waals surface area contributed by atoms with Crippen LogP contribution in [0.3, 0.4) is 0 Å². The van der Waals surface area contributed by atoms with E-state index in [2.05, 4.69) is 4.90 Å². The minimum atomic E-state index is -0.824. The number of carboxylic acid groups (broad SMARTS) is 1. The Morgan fingerprint density at radius 1 is 1.39 bits per heavy atom. The highest BCUT2D eigenvalue weighted by Gasteiger charge is 2.26. The van der Waals surface area contributed by atoms with Crippen molar-refractivity contribution in [2.24, 2.45) is 0 Å². The van der Waals surface area contributed by atoms with E-state index in [0.29, 0.717) is 6.54 Å². The van der Waals surface area contributed by atoms with Crippen molar-refractivity contribution in [2.75, 3.05) is 25.4 Å². The summed E-state index contributed by atoms with van der Waals surface area (Å²) in [5.74, 6) is 0. The summed E-state index contributed by atoms with van der Waals surface area (Å²) in [4.78, 5) is 14.7. The number of nitrogens with zero attached hydrogens (tertiary/aromatic N) is 2. The second-order valence-corrected chi connectivity index (χ2v) is 4.80. The van der Waals surface area contributed by atoms with E-state index in [1.165, 1.54) is 10.5 Å². The van der Waals surface area contributed by atoms with Gasteiger partial charge >= 0.3 is 6.09 Å². The molecule has 1 aromatic carbocycles. The number of rotatable bonds is 2. The summed E-state index contributed by atoms with van der Waals surface area (Å²) in [5, 5.41) is 9.01. The first-order chi connectivity index (χ1) is 8.56. The Bertz CT molecular complexity index is 419. The lowest BCUT2D eigenvalue weighted by Crippen LogP contribution is -2.53. The van der Waals surface area contributed by atoms with Gasteiger partial charge in [0.2, 0.25) is 0 Å². The summed E-state index contributed by atoms with van der Waals surface area (Å²) in [7, 11) is 0. The third kappa shape index (κ3) is 2.92. The number of anilines is 1. The molecular weight excluding hydrogens is 230 g/mol. The van der Waals surface area contributed by atoms with Gasteiger partial charge < -0.3 is 15.7 Å². The van der Waals surface area contributed by atoms with Gasteiger partial charge in [-0.3, -0.25) is 4.90 Å². The summed E-state index contributed by atoms with van der Waals surface area (Å²) < 4.78 is 0. The summed E-state index contributed by atoms with van der Waals surface area (Å²) in [6.07, 6.45) is -0.824. The average molecular weight is 249 g/mol. The molecule has 1 aliphatic rings. The molecule has 1 saturated heterocycles. The fraction of sp³-hybridized carbons (Fsp3) is 0.462. The minimum Gasteiger partial charge on any atom is -0.465 e. The highest BCUT2D eigenvalue weighted by atomic mass is 16.4. The molecular formula is C13H19N3O2. The fourth-order valence-electron chi connectivity index (χ4n) is 2.34. The summed E-state index contributed by atoms with van der Waals surface area (Å²) in [6, 6.07) is 7.87. The lowest BCUT2D eigenvalue weighted by Gasteiger charge is -2.38. The molecule has 5 nitrogen and oxygen atoms in total. The quantitative estimate of drug-likeness (QED) is 0.778. The van der Waals surface area contributed by atoms with Crippen LogP contribution in [0.2, 0.25) is 0 Å². The first-order valence-corrected chi connectivity index (χ1v) is 6.12. The maximum Gasteiger partial charge on any atom is 0.407 e. The molecule has 1 heterocycles. The zero-order chi connectivity index (χ0) is 13.1. The van der Waals surface area contributed by atoms with E-state index in [9.17, 15) is 4.79 Å². The van der Waals surface area contributed by atoms with Crippen molar-refractivity contribution in [3.63, 3.8) is 0 Å². The first kappa shape index (κ1) is 12.7. The SMILES string of the molecule is C[C@H]1CN(Cc2ccc(N)cc2)CCN1C(=O)O. The molecule has 18 heavy (non-hydrogen) atoms. The molecule has 3 N–H and O–H groups in total. The third-order valence-corrected chi connectivity index (χ3v) is 3.34. The van der Waals surface area contributed by atoms with Gasteiger partial charge in [-0.1, -0.05) is 12.1 Å². The van der Waals surface area contributed by atoms with Crippen LogP contribution in [-0.4, -0.2) is 46.7 Å². The lowest BCUT2D eigenvalue weighted by atomic mass is 10.1. The molecule has 5 heteroatoms. The molecule has 0 aromatic heterocycles. The number of hydrogen-bond acceptors (Lipinski definition) is 3. The molecule has 0 aliphatic carbocycles. The van der Waals surface area contributed by atoms with Gasteiger partial charge in [0.05, 0.1) is 0 Å². The van der Waals surface area contributed by atoms with Crippen molar-refractivity contribution in [1.82, 2.24) is 9.80 Å². The lowest BCUT2D eigenvalue weighted by molar-refractivity contribution is 0.0711. The molecule has 98 valence electrons. The van der Waals surface area contributed by atoms with Crippen molar-refractivity contribution < 1.29 is 9.90 Å². The average Bonchev–Trinajstić information content (AvgIpc) is 2.32. The highest BCUT2D eigenvalue weighted by molar-refractivity contribution is 5.65. The molecule has 1 aromatic rings. The molecule has 0 radical (unpaired) electrons. The van der Waals surface area contributed by atoms with E-state index in [0.717, 1.165) is 25.3 Å². The van der Waals surface area contributed by atoms with E-state index >= 15 is 0 Å². The van der Waals surface area contributed by atoms with Crippen molar-refractivity contribution >= 4 is 11.8 Å². The highest BCUT2D eigenvalue weighted by Crippen LogP contribution is 2.14. The molecule has 1 fully saturated rings. The van der Waals surface area contributed by atoms with Crippen molar-refractivity contribution in [3.05, 3.63) is 29.8 Å². The first-order valence-electron chi connectivity index (χ1n) is 6.12. The number of carbonyl (C=O) groups is 1. The van der Waals surface area contributed by atoms with Crippen LogP contribution in [0, 0.1) is 0 Å². The maximum absolute atomic E-state index is 11.0. The summed E-state index contributed by atoms with van der Waals surface area (Å²) in [6.45, 7) is 4.92. The number of benzene rings is 1.